The summed E-state index contributed by atoms with van der Waals surface area (Å²) in [6.07, 6.45) is 1.75. The van der Waals surface area contributed by atoms with Crippen LogP contribution in [0.3, 0.4) is 0 Å². The van der Waals surface area contributed by atoms with Gasteiger partial charge in [-0.1, -0.05) is 29.8 Å². The van der Waals surface area contributed by atoms with Gasteiger partial charge in [-0.3, -0.25) is 9.56 Å². The molecule has 31 heavy (non-hydrogen) atoms. The highest BCUT2D eigenvalue weighted by molar-refractivity contribution is 7.15. The van der Waals surface area contributed by atoms with E-state index in [0.29, 0.717) is 5.02 Å². The number of benzene rings is 1. The number of nitrogens with zero attached hydrogens (tertiary/aromatic N) is 5. The zero-order chi connectivity index (χ0) is 21.5. The zero-order valence-corrected chi connectivity index (χ0v) is 18.8. The summed E-state index contributed by atoms with van der Waals surface area (Å²) in [6, 6.07) is 13.4. The highest BCUT2D eigenvalue weighted by Gasteiger charge is 2.29. The van der Waals surface area contributed by atoms with Crippen molar-refractivity contribution in [3.05, 3.63) is 92.6 Å². The van der Waals surface area contributed by atoms with Crippen molar-refractivity contribution in [2.24, 2.45) is 4.99 Å². The van der Waals surface area contributed by atoms with Crippen LogP contribution >= 0.6 is 22.9 Å². The van der Waals surface area contributed by atoms with Gasteiger partial charge in [-0.25, -0.2) is 4.98 Å². The van der Waals surface area contributed by atoms with Crippen LogP contribution in [0.1, 0.15) is 51.9 Å². The smallest absolute Gasteiger partial charge is 0.162 e. The van der Waals surface area contributed by atoms with E-state index >= 15 is 0 Å². The van der Waals surface area contributed by atoms with Crippen LogP contribution in [0.2, 0.25) is 5.02 Å². The van der Waals surface area contributed by atoms with E-state index in [2.05, 4.69) is 38.5 Å². The number of pyridine rings is 1. The molecule has 152 valence electrons. The summed E-state index contributed by atoms with van der Waals surface area (Å²) in [5, 5.41) is 10.5. The molecule has 0 saturated heterocycles. The average molecular weight is 444 g/mol. The van der Waals surface area contributed by atoms with Gasteiger partial charge in [0.05, 0.1) is 10.6 Å². The van der Waals surface area contributed by atoms with Gasteiger partial charge in [-0.2, -0.15) is 0 Å². The predicted octanol–water partition coefficient (Wildman–Crippen LogP) is 5.31. The molecule has 1 aliphatic heterocycles. The lowest BCUT2D eigenvalue weighted by atomic mass is 9.99. The summed E-state index contributed by atoms with van der Waals surface area (Å²) < 4.78 is 2.11. The van der Waals surface area contributed by atoms with Crippen LogP contribution in [0.15, 0.2) is 53.7 Å². The summed E-state index contributed by atoms with van der Waals surface area (Å²) in [5.41, 5.74) is 4.83. The van der Waals surface area contributed by atoms with Crippen LogP contribution in [0, 0.1) is 25.7 Å². The third kappa shape index (κ3) is 3.46. The summed E-state index contributed by atoms with van der Waals surface area (Å²) in [6.45, 7) is 6.11. The molecule has 5 nitrogen and oxygen atoms in total. The van der Waals surface area contributed by atoms with Crippen molar-refractivity contribution in [2.45, 2.75) is 26.8 Å². The van der Waals surface area contributed by atoms with Crippen molar-refractivity contribution in [3.63, 3.8) is 0 Å². The fraction of sp³-hybridized carbons (Fsp3) is 0.167. The summed E-state index contributed by atoms with van der Waals surface area (Å²) in [5.74, 6) is 8.16. The Balaban J connectivity index is 1.74. The number of hydrogen-bond acceptors (Lipinski definition) is 5. The van der Waals surface area contributed by atoms with Gasteiger partial charge < -0.3 is 0 Å². The molecule has 4 heterocycles. The Kier molecular flexibility index (Phi) is 4.93. The van der Waals surface area contributed by atoms with E-state index in [-0.39, 0.29) is 6.04 Å². The van der Waals surface area contributed by atoms with Crippen LogP contribution in [-0.4, -0.2) is 25.5 Å². The van der Waals surface area contributed by atoms with Crippen molar-refractivity contribution in [1.29, 1.82) is 0 Å². The topological polar surface area (TPSA) is 56.0 Å². The first-order valence-electron chi connectivity index (χ1n) is 9.85. The Morgan fingerprint density at radius 1 is 1.03 bits per heavy atom. The summed E-state index contributed by atoms with van der Waals surface area (Å²) in [7, 11) is 0. The van der Waals surface area contributed by atoms with Crippen LogP contribution < -0.4 is 0 Å². The molecule has 0 fully saturated rings. The molecule has 1 aliphatic rings. The molecule has 0 aliphatic carbocycles. The van der Waals surface area contributed by atoms with Gasteiger partial charge in [0, 0.05) is 22.3 Å². The first-order valence-corrected chi connectivity index (χ1v) is 11.0. The lowest BCUT2D eigenvalue weighted by molar-refractivity contribution is 0.724. The highest BCUT2D eigenvalue weighted by Crippen LogP contribution is 2.38. The number of hydrogen-bond donors (Lipinski definition) is 0. The molecule has 5 rings (SSSR count). The second-order valence-electron chi connectivity index (χ2n) is 7.30. The maximum Gasteiger partial charge on any atom is 0.162 e. The third-order valence-corrected chi connectivity index (χ3v) is 6.65. The van der Waals surface area contributed by atoms with Crippen molar-refractivity contribution in [3.8, 4) is 16.8 Å². The minimum absolute atomic E-state index is 0.131. The molecule has 0 saturated carbocycles. The van der Waals surface area contributed by atoms with Crippen molar-refractivity contribution in [1.82, 2.24) is 19.7 Å². The van der Waals surface area contributed by atoms with Gasteiger partial charge in [0.2, 0.25) is 0 Å². The first-order chi connectivity index (χ1) is 15.0. The van der Waals surface area contributed by atoms with Crippen LogP contribution in [0.25, 0.3) is 5.00 Å². The standard InChI is InChI=1S/C24H18ClN5S/c1-14-20(12-11-19-6-4-5-13-26-19)31-24-21(14)22(17-7-9-18(25)10-8-17)27-15(2)23-29-28-16(3)30(23)24/h4-10,13,15H,1-3H3/t15-/m0/s1. The third-order valence-electron chi connectivity index (χ3n) is 5.20. The Hall–Kier alpha value is -3.27. The molecule has 0 spiro atoms. The van der Waals surface area contributed by atoms with Gasteiger partial charge in [-0.15, -0.1) is 21.5 Å². The highest BCUT2D eigenvalue weighted by atomic mass is 35.5. The number of halogens is 1. The van der Waals surface area contributed by atoms with Gasteiger partial charge >= 0.3 is 0 Å². The summed E-state index contributed by atoms with van der Waals surface area (Å²) >= 11 is 7.77. The number of aliphatic imine (C=N–C) groups is 1. The van der Waals surface area contributed by atoms with E-state index in [1.165, 1.54) is 0 Å². The SMILES string of the molecule is Cc1c(C#Cc2ccccn2)sc2c1C(c1ccc(Cl)cc1)=N[C@@H](C)c1nnc(C)n1-2. The lowest BCUT2D eigenvalue weighted by Gasteiger charge is -2.09. The van der Waals surface area contributed by atoms with E-state index in [0.717, 1.165) is 49.6 Å². The van der Waals surface area contributed by atoms with E-state index in [1.54, 1.807) is 17.5 Å². The quantitative estimate of drug-likeness (QED) is 0.375. The summed E-state index contributed by atoms with van der Waals surface area (Å²) in [4.78, 5) is 10.4. The van der Waals surface area contributed by atoms with E-state index in [4.69, 9.17) is 16.6 Å². The Morgan fingerprint density at radius 2 is 1.84 bits per heavy atom. The van der Waals surface area contributed by atoms with Crippen LogP contribution in [0.4, 0.5) is 0 Å². The zero-order valence-electron chi connectivity index (χ0n) is 17.2. The Morgan fingerprint density at radius 3 is 2.58 bits per heavy atom. The molecular formula is C24H18ClN5S. The average Bonchev–Trinajstić information content (AvgIpc) is 3.27. The minimum atomic E-state index is -0.131. The monoisotopic (exact) mass is 443 g/mol. The van der Waals surface area contributed by atoms with E-state index < -0.39 is 0 Å². The first kappa shape index (κ1) is 19.7. The molecule has 7 heteroatoms. The molecule has 4 aromatic rings. The van der Waals surface area contributed by atoms with Gasteiger partial charge in [0.25, 0.3) is 0 Å². The van der Waals surface area contributed by atoms with Crippen molar-refractivity contribution >= 4 is 28.6 Å². The number of aryl methyl sites for hydroxylation is 1. The largest absolute Gasteiger partial charge is 0.273 e. The number of thiophene rings is 1. The fourth-order valence-corrected chi connectivity index (χ4v) is 5.00. The van der Waals surface area contributed by atoms with E-state index in [1.807, 2.05) is 56.3 Å². The molecule has 1 atom stereocenters. The molecule has 0 N–H and O–H groups in total. The van der Waals surface area contributed by atoms with E-state index in [9.17, 15) is 0 Å². The number of fused-ring (bicyclic) bond motifs is 3. The normalized spacial score (nSPS) is 14.7. The molecular weight excluding hydrogens is 426 g/mol. The molecule has 3 aromatic heterocycles. The second-order valence-corrected chi connectivity index (χ2v) is 8.74. The molecule has 0 radical (unpaired) electrons. The van der Waals surface area contributed by atoms with Gasteiger partial charge in [0.1, 0.15) is 22.6 Å². The molecule has 0 unspecified atom stereocenters. The minimum Gasteiger partial charge on any atom is -0.273 e. The van der Waals surface area contributed by atoms with Crippen molar-refractivity contribution in [2.75, 3.05) is 0 Å². The fourth-order valence-electron chi connectivity index (χ4n) is 3.65. The molecule has 1 aromatic carbocycles. The second kappa shape index (κ2) is 7.77. The number of rotatable bonds is 1. The Labute approximate surface area is 189 Å². The van der Waals surface area contributed by atoms with Gasteiger partial charge in [-0.05, 0) is 62.4 Å². The molecule has 0 bridgehead atoms. The van der Waals surface area contributed by atoms with Crippen LogP contribution in [-0.2, 0) is 0 Å². The molecule has 0 amide bonds. The number of aromatic nitrogens is 4. The van der Waals surface area contributed by atoms with Gasteiger partial charge in [0.15, 0.2) is 5.82 Å². The van der Waals surface area contributed by atoms with Crippen molar-refractivity contribution < 1.29 is 0 Å². The Bertz CT molecular complexity index is 1370. The maximum absolute atomic E-state index is 6.14. The maximum atomic E-state index is 6.14. The predicted molar refractivity (Wildman–Crippen MR) is 124 cm³/mol. The van der Waals surface area contributed by atoms with Crippen LogP contribution in [0.5, 0.6) is 0 Å². The lowest BCUT2D eigenvalue weighted by Crippen LogP contribution is -2.07.